The van der Waals surface area contributed by atoms with Crippen LogP contribution in [0.3, 0.4) is 0 Å². The Labute approximate surface area is 124 Å². The zero-order valence-electron chi connectivity index (χ0n) is 11.3. The van der Waals surface area contributed by atoms with Crippen molar-refractivity contribution in [2.75, 3.05) is 0 Å². The standard InChI is InChI=1S/C14H11FN6O/c15-13-8-17-5-3-12(13)14(22)18-6-10-9-21(20-19-10)11-2-1-4-16-7-11/h1-5,7-9H,6H2,(H,18,22). The second kappa shape index (κ2) is 6.08. The highest BCUT2D eigenvalue weighted by Gasteiger charge is 2.11. The van der Waals surface area contributed by atoms with Gasteiger partial charge < -0.3 is 5.32 Å². The van der Waals surface area contributed by atoms with Crippen molar-refractivity contribution in [1.82, 2.24) is 30.3 Å². The van der Waals surface area contributed by atoms with Gasteiger partial charge in [0, 0.05) is 12.4 Å². The van der Waals surface area contributed by atoms with E-state index in [4.69, 9.17) is 0 Å². The summed E-state index contributed by atoms with van der Waals surface area (Å²) >= 11 is 0. The van der Waals surface area contributed by atoms with Gasteiger partial charge in [0.1, 0.15) is 5.69 Å². The molecule has 0 radical (unpaired) electrons. The molecule has 7 nitrogen and oxygen atoms in total. The molecule has 8 heteroatoms. The molecule has 0 atom stereocenters. The summed E-state index contributed by atoms with van der Waals surface area (Å²) in [4.78, 5) is 19.5. The van der Waals surface area contributed by atoms with Crippen LogP contribution in [0.25, 0.3) is 5.69 Å². The number of carbonyl (C=O) groups excluding carboxylic acids is 1. The third-order valence-corrected chi connectivity index (χ3v) is 2.90. The molecule has 0 fully saturated rings. The van der Waals surface area contributed by atoms with Crippen LogP contribution in [0.1, 0.15) is 16.1 Å². The summed E-state index contributed by atoms with van der Waals surface area (Å²) in [6.45, 7) is 0.140. The van der Waals surface area contributed by atoms with Crippen LogP contribution in [-0.4, -0.2) is 30.9 Å². The Balaban J connectivity index is 1.67. The van der Waals surface area contributed by atoms with Crippen LogP contribution < -0.4 is 5.32 Å². The molecule has 0 aliphatic carbocycles. The molecule has 0 aromatic carbocycles. The smallest absolute Gasteiger partial charge is 0.254 e. The van der Waals surface area contributed by atoms with Crippen molar-refractivity contribution in [3.63, 3.8) is 0 Å². The molecule has 0 unspecified atom stereocenters. The Bertz CT molecular complexity index is 789. The zero-order valence-corrected chi connectivity index (χ0v) is 11.3. The van der Waals surface area contributed by atoms with Gasteiger partial charge in [-0.1, -0.05) is 5.21 Å². The molecule has 0 aliphatic rings. The number of halogens is 1. The summed E-state index contributed by atoms with van der Waals surface area (Å²) in [7, 11) is 0. The lowest BCUT2D eigenvalue weighted by atomic mass is 10.2. The molecule has 0 aliphatic heterocycles. The number of nitrogens with zero attached hydrogens (tertiary/aromatic N) is 5. The Kier molecular flexibility index (Phi) is 3.82. The predicted octanol–water partition coefficient (Wildman–Crippen LogP) is 1.13. The van der Waals surface area contributed by atoms with E-state index in [-0.39, 0.29) is 12.1 Å². The van der Waals surface area contributed by atoms with Crippen LogP contribution in [0.4, 0.5) is 4.39 Å². The van der Waals surface area contributed by atoms with Gasteiger partial charge >= 0.3 is 0 Å². The van der Waals surface area contributed by atoms with Gasteiger partial charge in [0.05, 0.1) is 36.4 Å². The summed E-state index contributed by atoms with van der Waals surface area (Å²) < 4.78 is 15.0. The van der Waals surface area contributed by atoms with Crippen LogP contribution in [0.5, 0.6) is 0 Å². The number of amides is 1. The van der Waals surface area contributed by atoms with Gasteiger partial charge in [-0.3, -0.25) is 14.8 Å². The molecule has 3 aromatic rings. The summed E-state index contributed by atoms with van der Waals surface area (Å²) in [5.74, 6) is -1.20. The fraction of sp³-hybridized carbons (Fsp3) is 0.0714. The largest absolute Gasteiger partial charge is 0.346 e. The van der Waals surface area contributed by atoms with Crippen LogP contribution >= 0.6 is 0 Å². The highest BCUT2D eigenvalue weighted by Crippen LogP contribution is 2.06. The maximum atomic E-state index is 13.4. The number of aromatic nitrogens is 5. The molecule has 0 saturated carbocycles. The third-order valence-electron chi connectivity index (χ3n) is 2.90. The molecule has 3 heterocycles. The van der Waals surface area contributed by atoms with Crippen molar-refractivity contribution in [3.05, 3.63) is 66.3 Å². The van der Waals surface area contributed by atoms with E-state index >= 15 is 0 Å². The van der Waals surface area contributed by atoms with E-state index in [9.17, 15) is 9.18 Å². The van der Waals surface area contributed by atoms with E-state index < -0.39 is 11.7 Å². The SMILES string of the molecule is O=C(NCc1cn(-c2cccnc2)nn1)c1ccncc1F. The highest BCUT2D eigenvalue weighted by molar-refractivity contribution is 5.94. The fourth-order valence-corrected chi connectivity index (χ4v) is 1.82. The molecular formula is C14H11FN6O. The molecule has 22 heavy (non-hydrogen) atoms. The number of nitrogens with one attached hydrogen (secondary N) is 1. The van der Waals surface area contributed by atoms with Gasteiger partial charge in [-0.05, 0) is 18.2 Å². The summed E-state index contributed by atoms with van der Waals surface area (Å²) in [5, 5.41) is 10.5. The normalized spacial score (nSPS) is 10.4. The molecule has 3 aromatic heterocycles. The molecule has 0 spiro atoms. The minimum Gasteiger partial charge on any atom is -0.346 e. The minimum absolute atomic E-state index is 0.0605. The van der Waals surface area contributed by atoms with Gasteiger partial charge in [-0.15, -0.1) is 5.10 Å². The van der Waals surface area contributed by atoms with E-state index in [1.807, 2.05) is 6.07 Å². The second-order valence-corrected chi connectivity index (χ2v) is 4.40. The van der Waals surface area contributed by atoms with Crippen LogP contribution in [-0.2, 0) is 6.54 Å². The minimum atomic E-state index is -0.668. The lowest BCUT2D eigenvalue weighted by Crippen LogP contribution is -2.24. The summed E-state index contributed by atoms with van der Waals surface area (Å²) in [6, 6.07) is 4.93. The molecule has 0 bridgehead atoms. The molecule has 1 amide bonds. The van der Waals surface area contributed by atoms with E-state index in [1.54, 1.807) is 29.3 Å². The maximum Gasteiger partial charge on any atom is 0.254 e. The topological polar surface area (TPSA) is 85.6 Å². The third kappa shape index (κ3) is 2.95. The Morgan fingerprint density at radius 3 is 2.86 bits per heavy atom. The average Bonchev–Trinajstić information content (AvgIpc) is 3.03. The Hall–Kier alpha value is -3.16. The van der Waals surface area contributed by atoms with Crippen molar-refractivity contribution in [2.45, 2.75) is 6.54 Å². The van der Waals surface area contributed by atoms with Gasteiger partial charge in [0.25, 0.3) is 5.91 Å². The van der Waals surface area contributed by atoms with E-state index in [0.29, 0.717) is 5.69 Å². The van der Waals surface area contributed by atoms with Crippen molar-refractivity contribution in [3.8, 4) is 5.69 Å². The van der Waals surface area contributed by atoms with E-state index in [1.165, 1.54) is 12.3 Å². The first-order valence-corrected chi connectivity index (χ1v) is 6.43. The van der Waals surface area contributed by atoms with Crippen LogP contribution in [0.2, 0.25) is 0 Å². The predicted molar refractivity (Wildman–Crippen MR) is 74.5 cm³/mol. The van der Waals surface area contributed by atoms with Crippen molar-refractivity contribution >= 4 is 5.91 Å². The Morgan fingerprint density at radius 1 is 1.23 bits per heavy atom. The zero-order chi connectivity index (χ0) is 15.4. The molecule has 3 rings (SSSR count). The van der Waals surface area contributed by atoms with Crippen molar-refractivity contribution in [2.24, 2.45) is 0 Å². The van der Waals surface area contributed by atoms with Crippen LogP contribution in [0, 0.1) is 5.82 Å². The molecule has 0 saturated heterocycles. The number of rotatable bonds is 4. The number of hydrogen-bond acceptors (Lipinski definition) is 5. The molecule has 110 valence electrons. The van der Waals surface area contributed by atoms with E-state index in [0.717, 1.165) is 11.9 Å². The van der Waals surface area contributed by atoms with Crippen LogP contribution in [0.15, 0.2) is 49.2 Å². The first-order valence-electron chi connectivity index (χ1n) is 6.43. The number of pyridine rings is 2. The first kappa shape index (κ1) is 13.8. The fourth-order valence-electron chi connectivity index (χ4n) is 1.82. The average molecular weight is 298 g/mol. The first-order chi connectivity index (χ1) is 10.7. The highest BCUT2D eigenvalue weighted by atomic mass is 19.1. The van der Waals surface area contributed by atoms with E-state index in [2.05, 4.69) is 25.6 Å². The maximum absolute atomic E-state index is 13.4. The second-order valence-electron chi connectivity index (χ2n) is 4.40. The quantitative estimate of drug-likeness (QED) is 0.780. The van der Waals surface area contributed by atoms with Gasteiger partial charge in [-0.25, -0.2) is 9.07 Å². The monoisotopic (exact) mass is 298 g/mol. The molecular weight excluding hydrogens is 287 g/mol. The van der Waals surface area contributed by atoms with Crippen molar-refractivity contribution < 1.29 is 9.18 Å². The van der Waals surface area contributed by atoms with Crippen molar-refractivity contribution in [1.29, 1.82) is 0 Å². The van der Waals surface area contributed by atoms with Gasteiger partial charge in [-0.2, -0.15) is 0 Å². The number of carbonyl (C=O) groups is 1. The lowest BCUT2D eigenvalue weighted by Gasteiger charge is -2.03. The summed E-state index contributed by atoms with van der Waals surface area (Å²) in [5.41, 5.74) is 1.24. The van der Waals surface area contributed by atoms with Gasteiger partial charge in [0.15, 0.2) is 5.82 Å². The Morgan fingerprint density at radius 2 is 2.09 bits per heavy atom. The van der Waals surface area contributed by atoms with Gasteiger partial charge in [0.2, 0.25) is 0 Å². The summed E-state index contributed by atoms with van der Waals surface area (Å²) in [6.07, 6.45) is 7.32. The number of hydrogen-bond donors (Lipinski definition) is 1. The lowest BCUT2D eigenvalue weighted by molar-refractivity contribution is 0.0946. The molecule has 1 N–H and O–H groups in total.